The highest BCUT2D eigenvalue weighted by Gasteiger charge is 2.34. The summed E-state index contributed by atoms with van der Waals surface area (Å²) in [6.07, 6.45) is 1.97. The predicted molar refractivity (Wildman–Crippen MR) is 162 cm³/mol. The number of nitrogens with one attached hydrogen (secondary N) is 1. The SMILES string of the molecule is CC[C@H](C)NC(=O)[C@@H](Cc1ccccc1)N(Cc1ccccc1Cl)C(=O)CN(c1cccc(Cl)c1C)S(C)(=O)=O. The van der Waals surface area contributed by atoms with E-state index >= 15 is 0 Å². The Morgan fingerprint density at radius 2 is 1.55 bits per heavy atom. The van der Waals surface area contributed by atoms with Gasteiger partial charge in [-0.25, -0.2) is 8.42 Å². The molecule has 3 aromatic rings. The number of benzene rings is 3. The molecule has 0 saturated heterocycles. The number of carbonyl (C=O) groups excluding carboxylic acids is 2. The second kappa shape index (κ2) is 14.0. The van der Waals surface area contributed by atoms with E-state index in [0.29, 0.717) is 33.3 Å². The van der Waals surface area contributed by atoms with Gasteiger partial charge in [0.2, 0.25) is 21.8 Å². The van der Waals surface area contributed by atoms with Gasteiger partial charge < -0.3 is 10.2 Å². The van der Waals surface area contributed by atoms with Crippen LogP contribution >= 0.6 is 23.2 Å². The Morgan fingerprint density at radius 3 is 2.17 bits per heavy atom. The number of hydrogen-bond donors (Lipinski definition) is 1. The summed E-state index contributed by atoms with van der Waals surface area (Å²) in [6.45, 7) is 5.04. The maximum Gasteiger partial charge on any atom is 0.244 e. The molecular formula is C30H35Cl2N3O4S. The average molecular weight is 605 g/mol. The standard InChI is InChI=1S/C30H35Cl2N3O4S/c1-5-21(2)33-30(37)28(18-23-12-7-6-8-13-23)34(19-24-14-9-10-15-26(24)32)29(36)20-35(40(4,38)39)27-17-11-16-25(31)22(27)3/h6-17,21,28H,5,18-20H2,1-4H3,(H,33,37)/t21-,28+/m0/s1. The number of anilines is 1. The largest absolute Gasteiger partial charge is 0.352 e. The molecule has 1 N–H and O–H groups in total. The molecule has 0 aliphatic carbocycles. The van der Waals surface area contributed by atoms with Crippen LogP contribution < -0.4 is 9.62 Å². The van der Waals surface area contributed by atoms with Gasteiger partial charge in [-0.05, 0) is 55.2 Å². The van der Waals surface area contributed by atoms with Crippen molar-refractivity contribution in [2.75, 3.05) is 17.1 Å². The first-order chi connectivity index (χ1) is 18.9. The van der Waals surface area contributed by atoms with Crippen LogP contribution in [0.5, 0.6) is 0 Å². The fraction of sp³-hybridized carbons (Fsp3) is 0.333. The average Bonchev–Trinajstić information content (AvgIpc) is 2.91. The van der Waals surface area contributed by atoms with Crippen LogP contribution in [0.2, 0.25) is 10.0 Å². The van der Waals surface area contributed by atoms with E-state index in [1.54, 1.807) is 49.4 Å². The lowest BCUT2D eigenvalue weighted by molar-refractivity contribution is -0.140. The summed E-state index contributed by atoms with van der Waals surface area (Å²) in [5.41, 5.74) is 2.31. The van der Waals surface area contributed by atoms with Crippen LogP contribution in [-0.2, 0) is 32.6 Å². The first-order valence-electron chi connectivity index (χ1n) is 13.0. The van der Waals surface area contributed by atoms with E-state index in [2.05, 4.69) is 5.32 Å². The molecule has 3 aromatic carbocycles. The zero-order valence-corrected chi connectivity index (χ0v) is 25.4. The quantitative estimate of drug-likeness (QED) is 0.291. The molecule has 10 heteroatoms. The van der Waals surface area contributed by atoms with Gasteiger partial charge in [-0.15, -0.1) is 0 Å². The fourth-order valence-corrected chi connectivity index (χ4v) is 5.53. The van der Waals surface area contributed by atoms with E-state index in [1.165, 1.54) is 4.90 Å². The first kappa shape index (κ1) is 31.5. The van der Waals surface area contributed by atoms with Crippen LogP contribution in [0.25, 0.3) is 0 Å². The van der Waals surface area contributed by atoms with Crippen LogP contribution in [0.4, 0.5) is 5.69 Å². The molecule has 0 aliphatic rings. The number of carbonyl (C=O) groups is 2. The summed E-state index contributed by atoms with van der Waals surface area (Å²) in [7, 11) is -3.89. The van der Waals surface area contributed by atoms with Gasteiger partial charge in [0.05, 0.1) is 11.9 Å². The van der Waals surface area contributed by atoms with Crippen molar-refractivity contribution in [3.05, 3.63) is 99.5 Å². The number of nitrogens with zero attached hydrogens (tertiary/aromatic N) is 2. The number of sulfonamides is 1. The Labute approximate surface area is 247 Å². The summed E-state index contributed by atoms with van der Waals surface area (Å²) in [5.74, 6) is -0.881. The summed E-state index contributed by atoms with van der Waals surface area (Å²) in [5, 5.41) is 3.82. The van der Waals surface area contributed by atoms with Crippen LogP contribution in [-0.4, -0.2) is 50.0 Å². The molecule has 2 amide bonds. The molecule has 0 radical (unpaired) electrons. The number of amides is 2. The number of hydrogen-bond acceptors (Lipinski definition) is 4. The van der Waals surface area contributed by atoms with Gasteiger partial charge in [-0.3, -0.25) is 13.9 Å². The molecule has 0 heterocycles. The number of halogens is 2. The smallest absolute Gasteiger partial charge is 0.244 e. The Bertz CT molecular complexity index is 1430. The second-order valence-corrected chi connectivity index (χ2v) is 12.5. The maximum atomic E-state index is 14.1. The summed E-state index contributed by atoms with van der Waals surface area (Å²) >= 11 is 12.8. The minimum absolute atomic E-state index is 0.00998. The van der Waals surface area contributed by atoms with Crippen molar-refractivity contribution in [1.82, 2.24) is 10.2 Å². The first-order valence-corrected chi connectivity index (χ1v) is 15.6. The van der Waals surface area contributed by atoms with Crippen molar-refractivity contribution >= 4 is 50.7 Å². The zero-order chi connectivity index (χ0) is 29.4. The van der Waals surface area contributed by atoms with Gasteiger partial charge in [0, 0.05) is 29.1 Å². The van der Waals surface area contributed by atoms with Crippen molar-refractivity contribution < 1.29 is 18.0 Å². The van der Waals surface area contributed by atoms with Crippen molar-refractivity contribution in [2.45, 2.75) is 52.2 Å². The normalized spacial score (nSPS) is 12.8. The van der Waals surface area contributed by atoms with E-state index in [9.17, 15) is 18.0 Å². The van der Waals surface area contributed by atoms with Crippen molar-refractivity contribution in [3.63, 3.8) is 0 Å². The zero-order valence-electron chi connectivity index (χ0n) is 23.1. The third kappa shape index (κ3) is 8.22. The molecular weight excluding hydrogens is 569 g/mol. The predicted octanol–water partition coefficient (Wildman–Crippen LogP) is 5.62. The fourth-order valence-electron chi connectivity index (χ4n) is 4.27. The van der Waals surface area contributed by atoms with Crippen molar-refractivity contribution in [1.29, 1.82) is 0 Å². The second-order valence-electron chi connectivity index (χ2n) is 9.79. The highest BCUT2D eigenvalue weighted by atomic mass is 35.5. The van der Waals surface area contributed by atoms with Gasteiger partial charge >= 0.3 is 0 Å². The third-order valence-corrected chi connectivity index (χ3v) is 8.66. The maximum absolute atomic E-state index is 14.1. The van der Waals surface area contributed by atoms with Crippen molar-refractivity contribution in [2.24, 2.45) is 0 Å². The molecule has 0 bridgehead atoms. The molecule has 0 unspecified atom stereocenters. The van der Waals surface area contributed by atoms with Crippen LogP contribution in [0.3, 0.4) is 0 Å². The highest BCUT2D eigenvalue weighted by Crippen LogP contribution is 2.29. The van der Waals surface area contributed by atoms with Gasteiger partial charge in [0.25, 0.3) is 0 Å². The monoisotopic (exact) mass is 603 g/mol. The summed E-state index contributed by atoms with van der Waals surface area (Å²) in [6, 6.07) is 20.3. The van der Waals surface area contributed by atoms with Gasteiger partial charge in [-0.2, -0.15) is 0 Å². The Balaban J connectivity index is 2.10. The number of rotatable bonds is 12. The molecule has 7 nitrogen and oxygen atoms in total. The molecule has 0 aromatic heterocycles. The summed E-state index contributed by atoms with van der Waals surface area (Å²) in [4.78, 5) is 29.3. The Hall–Kier alpha value is -3.07. The molecule has 0 spiro atoms. The van der Waals surface area contributed by atoms with E-state index in [0.717, 1.165) is 16.1 Å². The van der Waals surface area contributed by atoms with Crippen LogP contribution in [0.15, 0.2) is 72.8 Å². The lowest BCUT2D eigenvalue weighted by Gasteiger charge is -2.34. The molecule has 40 heavy (non-hydrogen) atoms. The molecule has 0 aliphatic heterocycles. The minimum atomic E-state index is -3.89. The lowest BCUT2D eigenvalue weighted by Crippen LogP contribution is -2.54. The van der Waals surface area contributed by atoms with Gasteiger partial charge in [0.1, 0.15) is 12.6 Å². The Morgan fingerprint density at radius 1 is 0.925 bits per heavy atom. The third-order valence-electron chi connectivity index (χ3n) is 6.76. The van der Waals surface area contributed by atoms with Crippen LogP contribution in [0, 0.1) is 6.92 Å². The van der Waals surface area contributed by atoms with E-state index < -0.39 is 28.5 Å². The molecule has 2 atom stereocenters. The van der Waals surface area contributed by atoms with Gasteiger partial charge in [-0.1, -0.05) is 84.7 Å². The summed E-state index contributed by atoms with van der Waals surface area (Å²) < 4.78 is 26.9. The van der Waals surface area contributed by atoms with Gasteiger partial charge in [0.15, 0.2) is 0 Å². The molecule has 3 rings (SSSR count). The van der Waals surface area contributed by atoms with Crippen molar-refractivity contribution in [3.8, 4) is 0 Å². The molecule has 214 valence electrons. The Kier molecular flexibility index (Phi) is 11.0. The van der Waals surface area contributed by atoms with E-state index in [4.69, 9.17) is 23.2 Å². The van der Waals surface area contributed by atoms with Crippen LogP contribution in [0.1, 0.15) is 37.0 Å². The minimum Gasteiger partial charge on any atom is -0.352 e. The molecule has 0 fully saturated rings. The molecule has 0 saturated carbocycles. The topological polar surface area (TPSA) is 86.8 Å². The van der Waals surface area contributed by atoms with E-state index in [-0.39, 0.29) is 24.9 Å². The lowest BCUT2D eigenvalue weighted by atomic mass is 10.0. The van der Waals surface area contributed by atoms with E-state index in [1.807, 2.05) is 44.2 Å². The highest BCUT2D eigenvalue weighted by molar-refractivity contribution is 7.92.